The van der Waals surface area contributed by atoms with Gasteiger partial charge in [0, 0.05) is 37.0 Å². The van der Waals surface area contributed by atoms with Crippen molar-refractivity contribution in [3.8, 4) is 11.5 Å². The van der Waals surface area contributed by atoms with Crippen molar-refractivity contribution in [3.05, 3.63) is 52.9 Å². The second kappa shape index (κ2) is 10.4. The third kappa shape index (κ3) is 5.05. The zero-order valence-corrected chi connectivity index (χ0v) is 19.5. The number of aliphatic imine (C=N–C) groups is 1. The van der Waals surface area contributed by atoms with Gasteiger partial charge in [0.05, 0.1) is 24.8 Å². The molecule has 0 bridgehead atoms. The van der Waals surface area contributed by atoms with Gasteiger partial charge in [0.15, 0.2) is 5.17 Å². The number of methoxy groups -OCH3 is 2. The lowest BCUT2D eigenvalue weighted by Gasteiger charge is -2.22. The first-order valence-electron chi connectivity index (χ1n) is 10.4. The van der Waals surface area contributed by atoms with Crippen molar-refractivity contribution in [1.82, 2.24) is 4.90 Å². The number of amides is 1. The van der Waals surface area contributed by atoms with Crippen LogP contribution < -0.4 is 14.4 Å². The molecule has 7 heteroatoms. The van der Waals surface area contributed by atoms with E-state index in [9.17, 15) is 4.79 Å². The molecule has 2 aromatic carbocycles. The molecule has 0 aliphatic carbocycles. The predicted octanol–water partition coefficient (Wildman–Crippen LogP) is 5.17. The van der Waals surface area contributed by atoms with E-state index in [4.69, 9.17) is 9.47 Å². The molecule has 1 saturated heterocycles. The van der Waals surface area contributed by atoms with E-state index in [1.165, 1.54) is 11.8 Å². The molecule has 1 aliphatic rings. The van der Waals surface area contributed by atoms with E-state index in [1.54, 1.807) is 19.1 Å². The van der Waals surface area contributed by atoms with Gasteiger partial charge < -0.3 is 14.4 Å². The summed E-state index contributed by atoms with van der Waals surface area (Å²) in [5.41, 5.74) is 2.75. The zero-order chi connectivity index (χ0) is 22.4. The quantitative estimate of drug-likeness (QED) is 0.531. The number of nitrogens with zero attached hydrogens (tertiary/aromatic N) is 3. The molecule has 1 aliphatic heterocycles. The van der Waals surface area contributed by atoms with E-state index in [1.807, 2.05) is 49.4 Å². The first-order chi connectivity index (χ1) is 15.0. The van der Waals surface area contributed by atoms with Crippen LogP contribution in [0.2, 0.25) is 0 Å². The van der Waals surface area contributed by atoms with Gasteiger partial charge in [-0.1, -0.05) is 0 Å². The highest BCUT2D eigenvalue weighted by molar-refractivity contribution is 8.18. The van der Waals surface area contributed by atoms with Crippen LogP contribution in [0.1, 0.15) is 26.3 Å². The Bertz CT molecular complexity index is 982. The number of amidine groups is 1. The number of anilines is 1. The van der Waals surface area contributed by atoms with Gasteiger partial charge >= 0.3 is 0 Å². The second-order valence-corrected chi connectivity index (χ2v) is 7.86. The lowest BCUT2D eigenvalue weighted by molar-refractivity contribution is -0.122. The van der Waals surface area contributed by atoms with Crippen LogP contribution in [0.3, 0.4) is 0 Å². The van der Waals surface area contributed by atoms with Gasteiger partial charge in [0.25, 0.3) is 5.91 Å². The van der Waals surface area contributed by atoms with Crippen LogP contribution in [0.5, 0.6) is 11.5 Å². The van der Waals surface area contributed by atoms with Crippen molar-refractivity contribution >= 4 is 40.3 Å². The highest BCUT2D eigenvalue weighted by Gasteiger charge is 2.32. The van der Waals surface area contributed by atoms with Crippen LogP contribution in [0.25, 0.3) is 6.08 Å². The number of hydrogen-bond acceptors (Lipinski definition) is 6. The number of carbonyl (C=O) groups is 1. The van der Waals surface area contributed by atoms with Crippen LogP contribution in [-0.4, -0.2) is 49.8 Å². The number of hydrogen-bond donors (Lipinski definition) is 0. The molecule has 0 N–H and O–H groups in total. The molecule has 2 aromatic rings. The topological polar surface area (TPSA) is 54.4 Å². The maximum absolute atomic E-state index is 13.0. The minimum absolute atomic E-state index is 0.0466. The van der Waals surface area contributed by atoms with Crippen LogP contribution in [0.4, 0.5) is 11.4 Å². The van der Waals surface area contributed by atoms with E-state index in [0.29, 0.717) is 16.6 Å². The average molecular weight is 440 g/mol. The van der Waals surface area contributed by atoms with Gasteiger partial charge in [-0.3, -0.25) is 9.69 Å². The summed E-state index contributed by atoms with van der Waals surface area (Å²) in [6.07, 6.45) is 1.89. The number of benzene rings is 2. The number of rotatable bonds is 8. The summed E-state index contributed by atoms with van der Waals surface area (Å²) >= 11 is 1.38. The highest BCUT2D eigenvalue weighted by Crippen LogP contribution is 2.36. The molecule has 164 valence electrons. The zero-order valence-electron chi connectivity index (χ0n) is 18.7. The summed E-state index contributed by atoms with van der Waals surface area (Å²) in [6.45, 7) is 8.60. The van der Waals surface area contributed by atoms with Crippen LogP contribution >= 0.6 is 11.8 Å². The number of thioether (sulfide) groups is 1. The van der Waals surface area contributed by atoms with Crippen molar-refractivity contribution in [1.29, 1.82) is 0 Å². The molecule has 31 heavy (non-hydrogen) atoms. The molecule has 1 heterocycles. The summed E-state index contributed by atoms with van der Waals surface area (Å²) in [7, 11) is 3.28. The summed E-state index contributed by atoms with van der Waals surface area (Å²) < 4.78 is 10.8. The Balaban J connectivity index is 1.92. The largest absolute Gasteiger partial charge is 0.497 e. The van der Waals surface area contributed by atoms with Gasteiger partial charge in [-0.15, -0.1) is 0 Å². The van der Waals surface area contributed by atoms with Crippen molar-refractivity contribution in [3.63, 3.8) is 0 Å². The molecule has 0 atom stereocenters. The van der Waals surface area contributed by atoms with Gasteiger partial charge in [-0.05, 0) is 75.0 Å². The Hall–Kier alpha value is -2.93. The van der Waals surface area contributed by atoms with Crippen molar-refractivity contribution in [2.75, 3.05) is 38.8 Å². The lowest BCUT2D eigenvalue weighted by atomic mass is 10.1. The fraction of sp³-hybridized carbons (Fsp3) is 0.333. The number of likely N-dealkylation sites (N-methyl/N-ethyl adjacent to an activating group) is 1. The molecule has 0 radical (unpaired) electrons. The predicted molar refractivity (Wildman–Crippen MR) is 130 cm³/mol. The fourth-order valence-corrected chi connectivity index (χ4v) is 4.44. The fourth-order valence-electron chi connectivity index (χ4n) is 3.38. The Morgan fingerprint density at radius 1 is 1.03 bits per heavy atom. The molecule has 0 saturated carbocycles. The highest BCUT2D eigenvalue weighted by atomic mass is 32.2. The molecule has 0 spiro atoms. The third-order valence-electron chi connectivity index (χ3n) is 5.13. The molecule has 3 rings (SSSR count). The van der Waals surface area contributed by atoms with Gasteiger partial charge in [-0.2, -0.15) is 0 Å². The first kappa shape index (κ1) is 22.7. The second-order valence-electron chi connectivity index (χ2n) is 6.85. The van der Waals surface area contributed by atoms with E-state index in [0.717, 1.165) is 41.5 Å². The minimum atomic E-state index is -0.0466. The van der Waals surface area contributed by atoms with E-state index in [2.05, 4.69) is 29.8 Å². The van der Waals surface area contributed by atoms with Gasteiger partial charge in [0.1, 0.15) is 11.5 Å². The van der Waals surface area contributed by atoms with Crippen LogP contribution in [-0.2, 0) is 4.79 Å². The standard InChI is InChI=1S/C24H29N3O3S/c1-6-26(7-2)19-12-9-17(21(16-19)30-5)15-22-23(28)27(8-3)24(31-22)25-18-10-13-20(29-4)14-11-18/h9-16H,6-8H2,1-5H3/b22-15-,25-24?. The van der Waals surface area contributed by atoms with Crippen LogP contribution in [0, 0.1) is 0 Å². The number of ether oxygens (including phenoxy) is 2. The normalized spacial score (nSPS) is 16.3. The Kier molecular flexibility index (Phi) is 7.63. The maximum Gasteiger partial charge on any atom is 0.266 e. The van der Waals surface area contributed by atoms with Crippen molar-refractivity contribution in [2.45, 2.75) is 20.8 Å². The van der Waals surface area contributed by atoms with Gasteiger partial charge in [0.2, 0.25) is 0 Å². The Morgan fingerprint density at radius 2 is 1.74 bits per heavy atom. The van der Waals surface area contributed by atoms with Crippen molar-refractivity contribution in [2.24, 2.45) is 4.99 Å². The Morgan fingerprint density at radius 3 is 2.32 bits per heavy atom. The molecular weight excluding hydrogens is 410 g/mol. The summed E-state index contributed by atoms with van der Waals surface area (Å²) in [5, 5.41) is 0.669. The summed E-state index contributed by atoms with van der Waals surface area (Å²) in [4.78, 5) is 22.3. The van der Waals surface area contributed by atoms with E-state index >= 15 is 0 Å². The summed E-state index contributed by atoms with van der Waals surface area (Å²) in [6, 6.07) is 13.6. The maximum atomic E-state index is 13.0. The molecular formula is C24H29N3O3S. The van der Waals surface area contributed by atoms with E-state index < -0.39 is 0 Å². The lowest BCUT2D eigenvalue weighted by Crippen LogP contribution is -2.28. The molecule has 6 nitrogen and oxygen atoms in total. The monoisotopic (exact) mass is 439 g/mol. The van der Waals surface area contributed by atoms with Crippen LogP contribution in [0.15, 0.2) is 52.4 Å². The Labute approximate surface area is 188 Å². The van der Waals surface area contributed by atoms with E-state index in [-0.39, 0.29) is 5.91 Å². The molecule has 0 aromatic heterocycles. The first-order valence-corrected chi connectivity index (χ1v) is 11.2. The summed E-state index contributed by atoms with van der Waals surface area (Å²) in [5.74, 6) is 1.47. The third-order valence-corrected chi connectivity index (χ3v) is 6.14. The molecule has 1 fully saturated rings. The van der Waals surface area contributed by atoms with Crippen molar-refractivity contribution < 1.29 is 14.3 Å². The molecule has 1 amide bonds. The smallest absolute Gasteiger partial charge is 0.266 e. The van der Waals surface area contributed by atoms with Gasteiger partial charge in [-0.25, -0.2) is 4.99 Å². The SMILES string of the molecule is CCN1C(=O)/C(=C/c2ccc(N(CC)CC)cc2OC)SC1=Nc1ccc(OC)cc1. The average Bonchev–Trinajstić information content (AvgIpc) is 3.09. The number of carbonyl (C=O) groups excluding carboxylic acids is 1. The molecule has 0 unspecified atom stereocenters. The minimum Gasteiger partial charge on any atom is -0.497 e.